The molecule has 0 aliphatic carbocycles. The Morgan fingerprint density at radius 3 is 2.94 bits per heavy atom. The highest BCUT2D eigenvalue weighted by Crippen LogP contribution is 2.26. The molecule has 0 radical (unpaired) electrons. The summed E-state index contributed by atoms with van der Waals surface area (Å²) in [5, 5.41) is 0. The van der Waals surface area contributed by atoms with Crippen molar-refractivity contribution in [2.75, 3.05) is 36.8 Å². The molecular formula is C13H21N5. The highest BCUT2D eigenvalue weighted by molar-refractivity contribution is 5.55. The molecule has 2 aliphatic heterocycles. The van der Waals surface area contributed by atoms with Gasteiger partial charge in [-0.1, -0.05) is 0 Å². The standard InChI is InChI=1S/C13H21N5/c1-10-12(14)15-9-16-13(10)18-7-3-6-17-5-2-4-11(17)8-18/h9,11H,2-8H2,1H3,(H2,14,15,16). The summed E-state index contributed by atoms with van der Waals surface area (Å²) in [5.41, 5.74) is 6.90. The maximum Gasteiger partial charge on any atom is 0.137 e. The first-order chi connectivity index (χ1) is 8.75. The summed E-state index contributed by atoms with van der Waals surface area (Å²) in [4.78, 5) is 13.5. The van der Waals surface area contributed by atoms with E-state index in [1.165, 1.54) is 32.4 Å². The first-order valence-corrected chi connectivity index (χ1v) is 6.82. The molecule has 2 saturated heterocycles. The van der Waals surface area contributed by atoms with Gasteiger partial charge in [-0.05, 0) is 32.7 Å². The van der Waals surface area contributed by atoms with Crippen LogP contribution in [-0.4, -0.2) is 47.1 Å². The number of nitrogens with zero attached hydrogens (tertiary/aromatic N) is 4. The van der Waals surface area contributed by atoms with E-state index in [2.05, 4.69) is 19.8 Å². The highest BCUT2D eigenvalue weighted by Gasteiger charge is 2.29. The van der Waals surface area contributed by atoms with Crippen LogP contribution in [0.3, 0.4) is 0 Å². The van der Waals surface area contributed by atoms with E-state index >= 15 is 0 Å². The van der Waals surface area contributed by atoms with Crippen LogP contribution in [0.25, 0.3) is 0 Å². The molecule has 5 heteroatoms. The van der Waals surface area contributed by atoms with Gasteiger partial charge in [-0.15, -0.1) is 0 Å². The molecule has 2 fully saturated rings. The molecule has 98 valence electrons. The van der Waals surface area contributed by atoms with E-state index in [1.54, 1.807) is 6.33 Å². The summed E-state index contributed by atoms with van der Waals surface area (Å²) in [5.74, 6) is 1.63. The minimum Gasteiger partial charge on any atom is -0.383 e. The molecule has 0 spiro atoms. The molecule has 3 heterocycles. The molecule has 3 rings (SSSR count). The Kier molecular flexibility index (Phi) is 3.07. The summed E-state index contributed by atoms with van der Waals surface area (Å²) in [6.07, 6.45) is 5.44. The number of hydrogen-bond acceptors (Lipinski definition) is 5. The molecule has 5 nitrogen and oxygen atoms in total. The molecule has 1 aromatic heterocycles. The Bertz CT molecular complexity index is 433. The summed E-state index contributed by atoms with van der Waals surface area (Å²) < 4.78 is 0. The molecule has 2 aliphatic rings. The zero-order chi connectivity index (χ0) is 12.5. The number of rotatable bonds is 1. The first-order valence-electron chi connectivity index (χ1n) is 6.82. The smallest absolute Gasteiger partial charge is 0.137 e. The predicted octanol–water partition coefficient (Wildman–Crippen LogP) is 1.04. The van der Waals surface area contributed by atoms with Crippen molar-refractivity contribution < 1.29 is 0 Å². The van der Waals surface area contributed by atoms with E-state index < -0.39 is 0 Å². The van der Waals surface area contributed by atoms with Crippen LogP contribution in [0.2, 0.25) is 0 Å². The normalized spacial score (nSPS) is 24.9. The SMILES string of the molecule is Cc1c(N)ncnc1N1CCCN2CCCC2C1. The second kappa shape index (κ2) is 4.72. The maximum absolute atomic E-state index is 5.88. The van der Waals surface area contributed by atoms with Gasteiger partial charge in [0.25, 0.3) is 0 Å². The zero-order valence-electron chi connectivity index (χ0n) is 11.0. The van der Waals surface area contributed by atoms with Gasteiger partial charge in [0.05, 0.1) is 0 Å². The van der Waals surface area contributed by atoms with Gasteiger partial charge in [-0.25, -0.2) is 9.97 Å². The van der Waals surface area contributed by atoms with Crippen molar-refractivity contribution in [1.29, 1.82) is 0 Å². The second-order valence-electron chi connectivity index (χ2n) is 5.34. The van der Waals surface area contributed by atoms with Crippen LogP contribution < -0.4 is 10.6 Å². The first kappa shape index (κ1) is 11.7. The number of hydrogen-bond donors (Lipinski definition) is 1. The lowest BCUT2D eigenvalue weighted by Crippen LogP contribution is -2.37. The van der Waals surface area contributed by atoms with Crippen LogP contribution in [-0.2, 0) is 0 Å². The zero-order valence-corrected chi connectivity index (χ0v) is 11.0. The van der Waals surface area contributed by atoms with Crippen molar-refractivity contribution in [2.24, 2.45) is 0 Å². The van der Waals surface area contributed by atoms with Gasteiger partial charge in [0.2, 0.25) is 0 Å². The third kappa shape index (κ3) is 2.03. The maximum atomic E-state index is 5.88. The Hall–Kier alpha value is -1.36. The second-order valence-corrected chi connectivity index (χ2v) is 5.34. The largest absolute Gasteiger partial charge is 0.383 e. The third-order valence-corrected chi connectivity index (χ3v) is 4.20. The fourth-order valence-corrected chi connectivity index (χ4v) is 3.17. The van der Waals surface area contributed by atoms with Crippen molar-refractivity contribution in [3.05, 3.63) is 11.9 Å². The highest BCUT2D eigenvalue weighted by atomic mass is 15.3. The fourth-order valence-electron chi connectivity index (χ4n) is 3.17. The van der Waals surface area contributed by atoms with Crippen LogP contribution in [0.15, 0.2) is 6.33 Å². The number of nitrogens with two attached hydrogens (primary N) is 1. The van der Waals surface area contributed by atoms with E-state index in [-0.39, 0.29) is 0 Å². The van der Waals surface area contributed by atoms with Gasteiger partial charge in [-0.2, -0.15) is 0 Å². The minimum atomic E-state index is 0.604. The molecular weight excluding hydrogens is 226 g/mol. The lowest BCUT2D eigenvalue weighted by molar-refractivity contribution is 0.273. The number of fused-ring (bicyclic) bond motifs is 1. The molecule has 1 aromatic rings. The van der Waals surface area contributed by atoms with Gasteiger partial charge >= 0.3 is 0 Å². The van der Waals surface area contributed by atoms with Crippen LogP contribution >= 0.6 is 0 Å². The summed E-state index contributed by atoms with van der Waals surface area (Å²) >= 11 is 0. The van der Waals surface area contributed by atoms with Crippen LogP contribution in [0, 0.1) is 6.92 Å². The Morgan fingerprint density at radius 2 is 2.06 bits per heavy atom. The summed E-state index contributed by atoms with van der Waals surface area (Å²) in [6.45, 7) is 6.66. The summed E-state index contributed by atoms with van der Waals surface area (Å²) in [7, 11) is 0. The van der Waals surface area contributed by atoms with Gasteiger partial charge in [-0.3, -0.25) is 4.90 Å². The van der Waals surface area contributed by atoms with Crippen LogP contribution in [0.4, 0.5) is 11.6 Å². The predicted molar refractivity (Wildman–Crippen MR) is 72.6 cm³/mol. The quantitative estimate of drug-likeness (QED) is 0.803. The fraction of sp³-hybridized carbons (Fsp3) is 0.692. The van der Waals surface area contributed by atoms with Crippen molar-refractivity contribution in [3.63, 3.8) is 0 Å². The van der Waals surface area contributed by atoms with E-state index in [9.17, 15) is 0 Å². The molecule has 0 amide bonds. The Labute approximate surface area is 108 Å². The lowest BCUT2D eigenvalue weighted by Gasteiger charge is -2.27. The van der Waals surface area contributed by atoms with Crippen molar-refractivity contribution in [2.45, 2.75) is 32.2 Å². The van der Waals surface area contributed by atoms with Gasteiger partial charge in [0.1, 0.15) is 18.0 Å². The van der Waals surface area contributed by atoms with Crippen LogP contribution in [0.1, 0.15) is 24.8 Å². The van der Waals surface area contributed by atoms with E-state index in [4.69, 9.17) is 5.73 Å². The van der Waals surface area contributed by atoms with Gasteiger partial charge in [0, 0.05) is 31.2 Å². The number of aromatic nitrogens is 2. The average molecular weight is 247 g/mol. The molecule has 0 saturated carbocycles. The Balaban J connectivity index is 1.85. The third-order valence-electron chi connectivity index (χ3n) is 4.20. The summed E-state index contributed by atoms with van der Waals surface area (Å²) in [6, 6.07) is 0.697. The molecule has 0 bridgehead atoms. The van der Waals surface area contributed by atoms with E-state index in [1.807, 2.05) is 6.92 Å². The molecule has 0 aromatic carbocycles. The average Bonchev–Trinajstić information content (AvgIpc) is 2.70. The van der Waals surface area contributed by atoms with Gasteiger partial charge < -0.3 is 10.6 Å². The minimum absolute atomic E-state index is 0.604. The van der Waals surface area contributed by atoms with Crippen LogP contribution in [0.5, 0.6) is 0 Å². The topological polar surface area (TPSA) is 58.3 Å². The lowest BCUT2D eigenvalue weighted by atomic mass is 10.2. The molecule has 1 unspecified atom stereocenters. The van der Waals surface area contributed by atoms with E-state index in [0.29, 0.717) is 11.9 Å². The molecule has 18 heavy (non-hydrogen) atoms. The van der Waals surface area contributed by atoms with Crippen molar-refractivity contribution >= 4 is 11.6 Å². The van der Waals surface area contributed by atoms with Crippen molar-refractivity contribution in [1.82, 2.24) is 14.9 Å². The molecule has 1 atom stereocenters. The Morgan fingerprint density at radius 1 is 1.22 bits per heavy atom. The monoisotopic (exact) mass is 247 g/mol. The van der Waals surface area contributed by atoms with Crippen molar-refractivity contribution in [3.8, 4) is 0 Å². The molecule has 2 N–H and O–H groups in total. The van der Waals surface area contributed by atoms with Gasteiger partial charge in [0.15, 0.2) is 0 Å². The van der Waals surface area contributed by atoms with E-state index in [0.717, 1.165) is 24.5 Å². The number of nitrogen functional groups attached to an aromatic ring is 1. The number of anilines is 2.